The van der Waals surface area contributed by atoms with Gasteiger partial charge >= 0.3 is 5.97 Å². The molecule has 2 aromatic rings. The number of nitrogen functional groups attached to an aromatic ring is 1. The number of benzene rings is 2. The lowest BCUT2D eigenvalue weighted by Crippen LogP contribution is -2.35. The minimum Gasteiger partial charge on any atom is -0.465 e. The zero-order valence-corrected chi connectivity index (χ0v) is 17.7. The number of fused-ring (bicyclic) bond motifs is 1. The molecule has 4 nitrogen and oxygen atoms in total. The zero-order chi connectivity index (χ0) is 20.9. The number of aliphatic hydroxyl groups excluding tert-OH is 1. The molecule has 0 aliphatic heterocycles. The van der Waals surface area contributed by atoms with Gasteiger partial charge in [0.05, 0.1) is 12.7 Å². The number of carbonyl (C=O) groups is 1. The summed E-state index contributed by atoms with van der Waals surface area (Å²) in [5.74, 6) is -0.390. The van der Waals surface area contributed by atoms with Crippen molar-refractivity contribution in [2.75, 3.05) is 12.8 Å². The fraction of sp³-hybridized carbons (Fsp3) is 0.458. The molecule has 28 heavy (non-hydrogen) atoms. The molecule has 0 saturated heterocycles. The van der Waals surface area contributed by atoms with Gasteiger partial charge in [0.15, 0.2) is 0 Å². The molecule has 0 bridgehead atoms. The highest BCUT2D eigenvalue weighted by molar-refractivity contribution is 5.89. The molecular weight excluding hydrogens is 350 g/mol. The van der Waals surface area contributed by atoms with Crippen molar-refractivity contribution in [2.45, 2.75) is 64.4 Å². The molecular formula is C24H31NO3. The Balaban J connectivity index is 2.10. The number of esters is 1. The number of anilines is 1. The molecule has 0 spiro atoms. The number of hydrogen-bond acceptors (Lipinski definition) is 4. The quantitative estimate of drug-likeness (QED) is 0.592. The second-order valence-electron chi connectivity index (χ2n) is 9.21. The van der Waals surface area contributed by atoms with E-state index in [9.17, 15) is 9.90 Å². The number of methoxy groups -OCH3 is 1. The maximum absolute atomic E-state index is 11.7. The van der Waals surface area contributed by atoms with Gasteiger partial charge in [0.2, 0.25) is 0 Å². The van der Waals surface area contributed by atoms with Crippen LogP contribution in [0.3, 0.4) is 0 Å². The summed E-state index contributed by atoms with van der Waals surface area (Å²) in [5, 5.41) is 11.1. The lowest BCUT2D eigenvalue weighted by Gasteiger charge is -2.43. The van der Waals surface area contributed by atoms with Crippen molar-refractivity contribution in [2.24, 2.45) is 0 Å². The van der Waals surface area contributed by atoms with Crippen LogP contribution in [-0.2, 0) is 15.6 Å². The third-order valence-electron chi connectivity index (χ3n) is 6.40. The molecule has 1 aliphatic rings. The number of rotatable bonds is 3. The van der Waals surface area contributed by atoms with Crippen LogP contribution >= 0.6 is 0 Å². The lowest BCUT2D eigenvalue weighted by atomic mass is 9.61. The first-order valence-electron chi connectivity index (χ1n) is 9.80. The van der Waals surface area contributed by atoms with Gasteiger partial charge in [-0.15, -0.1) is 0 Å². The summed E-state index contributed by atoms with van der Waals surface area (Å²) in [6, 6.07) is 9.02. The zero-order valence-electron chi connectivity index (χ0n) is 17.7. The van der Waals surface area contributed by atoms with E-state index < -0.39 is 6.10 Å². The molecule has 1 aliphatic carbocycles. The normalized spacial score (nSPS) is 18.2. The van der Waals surface area contributed by atoms with Gasteiger partial charge < -0.3 is 15.6 Å². The summed E-state index contributed by atoms with van der Waals surface area (Å²) >= 11 is 0. The summed E-state index contributed by atoms with van der Waals surface area (Å²) in [6.45, 7) is 11.0. The standard InChI is InChI=1S/C24H31NO3/c1-14-17(21(26)15-7-9-16(10-8-15)22(27)28-6)13-18-19(20(14)25)24(4,5)12-11-23(18,2)3/h7-10,13,21,26H,11-12,25H2,1-6H3. The van der Waals surface area contributed by atoms with Crippen LogP contribution in [0.2, 0.25) is 0 Å². The molecule has 0 aromatic heterocycles. The first-order chi connectivity index (χ1) is 13.0. The van der Waals surface area contributed by atoms with Gasteiger partial charge in [0, 0.05) is 5.69 Å². The van der Waals surface area contributed by atoms with Crippen molar-refractivity contribution in [3.8, 4) is 0 Å². The second kappa shape index (κ2) is 6.93. The fourth-order valence-electron chi connectivity index (χ4n) is 4.35. The maximum Gasteiger partial charge on any atom is 0.337 e. The second-order valence-corrected chi connectivity index (χ2v) is 9.21. The monoisotopic (exact) mass is 381 g/mol. The fourth-order valence-corrected chi connectivity index (χ4v) is 4.35. The lowest BCUT2D eigenvalue weighted by molar-refractivity contribution is 0.0600. The molecule has 0 amide bonds. The van der Waals surface area contributed by atoms with E-state index >= 15 is 0 Å². The maximum atomic E-state index is 11.7. The Hall–Kier alpha value is -2.33. The van der Waals surface area contributed by atoms with Crippen LogP contribution in [0.5, 0.6) is 0 Å². The van der Waals surface area contributed by atoms with E-state index in [1.54, 1.807) is 24.3 Å². The molecule has 3 N–H and O–H groups in total. The van der Waals surface area contributed by atoms with Crippen LogP contribution in [0.15, 0.2) is 30.3 Å². The molecule has 150 valence electrons. The van der Waals surface area contributed by atoms with Crippen LogP contribution in [0.1, 0.15) is 84.8 Å². The van der Waals surface area contributed by atoms with E-state index in [4.69, 9.17) is 10.5 Å². The number of aliphatic hydroxyl groups is 1. The summed E-state index contributed by atoms with van der Waals surface area (Å²) < 4.78 is 4.74. The molecule has 1 unspecified atom stereocenters. The predicted molar refractivity (Wildman–Crippen MR) is 113 cm³/mol. The van der Waals surface area contributed by atoms with Gasteiger partial charge in [-0.25, -0.2) is 4.79 Å². The van der Waals surface area contributed by atoms with Crippen molar-refractivity contribution in [3.05, 3.63) is 63.7 Å². The highest BCUT2D eigenvalue weighted by atomic mass is 16.5. The van der Waals surface area contributed by atoms with E-state index in [2.05, 4.69) is 33.8 Å². The van der Waals surface area contributed by atoms with Crippen molar-refractivity contribution in [1.82, 2.24) is 0 Å². The summed E-state index contributed by atoms with van der Waals surface area (Å²) in [4.78, 5) is 11.7. The molecule has 0 radical (unpaired) electrons. The van der Waals surface area contributed by atoms with Gasteiger partial charge in [-0.3, -0.25) is 0 Å². The first kappa shape index (κ1) is 20.4. The van der Waals surface area contributed by atoms with Crippen LogP contribution in [0, 0.1) is 6.92 Å². The SMILES string of the molecule is COC(=O)c1ccc(C(O)c2cc3c(c(N)c2C)C(C)(C)CCC3(C)C)cc1. The summed E-state index contributed by atoms with van der Waals surface area (Å²) in [7, 11) is 1.35. The Labute approximate surface area is 167 Å². The topological polar surface area (TPSA) is 72.5 Å². The van der Waals surface area contributed by atoms with Crippen molar-refractivity contribution in [1.29, 1.82) is 0 Å². The van der Waals surface area contributed by atoms with Crippen LogP contribution in [0.25, 0.3) is 0 Å². The number of hydrogen-bond donors (Lipinski definition) is 2. The van der Waals surface area contributed by atoms with Gasteiger partial charge in [-0.2, -0.15) is 0 Å². The molecule has 0 fully saturated rings. The van der Waals surface area contributed by atoms with Gasteiger partial charge in [-0.05, 0) is 70.5 Å². The summed E-state index contributed by atoms with van der Waals surface area (Å²) in [6.07, 6.45) is 1.37. The smallest absolute Gasteiger partial charge is 0.337 e. The molecule has 0 saturated carbocycles. The Morgan fingerprint density at radius 2 is 1.68 bits per heavy atom. The Morgan fingerprint density at radius 1 is 1.11 bits per heavy atom. The average Bonchev–Trinajstić information content (AvgIpc) is 2.66. The molecule has 0 heterocycles. The third kappa shape index (κ3) is 3.30. The van der Waals surface area contributed by atoms with E-state index in [1.165, 1.54) is 18.2 Å². The average molecular weight is 382 g/mol. The third-order valence-corrected chi connectivity index (χ3v) is 6.40. The van der Waals surface area contributed by atoms with E-state index in [1.807, 2.05) is 6.92 Å². The number of ether oxygens (including phenoxy) is 1. The summed E-state index contributed by atoms with van der Waals surface area (Å²) in [5.41, 5.74) is 12.8. The molecule has 2 aromatic carbocycles. The van der Waals surface area contributed by atoms with E-state index in [0.29, 0.717) is 5.56 Å². The number of carbonyl (C=O) groups excluding carboxylic acids is 1. The van der Waals surface area contributed by atoms with E-state index in [0.717, 1.165) is 35.2 Å². The minimum absolute atomic E-state index is 0.00981. The van der Waals surface area contributed by atoms with Gasteiger partial charge in [0.1, 0.15) is 6.10 Å². The van der Waals surface area contributed by atoms with Gasteiger partial charge in [0.25, 0.3) is 0 Å². The largest absolute Gasteiger partial charge is 0.465 e. The van der Waals surface area contributed by atoms with Crippen LogP contribution < -0.4 is 5.73 Å². The van der Waals surface area contributed by atoms with Gasteiger partial charge in [-0.1, -0.05) is 45.9 Å². The predicted octanol–water partition coefficient (Wildman–Crippen LogP) is 4.79. The Morgan fingerprint density at radius 3 is 2.25 bits per heavy atom. The Kier molecular flexibility index (Phi) is 5.05. The van der Waals surface area contributed by atoms with Crippen molar-refractivity contribution >= 4 is 11.7 Å². The highest BCUT2D eigenvalue weighted by Crippen LogP contribution is 2.50. The minimum atomic E-state index is -0.805. The Bertz CT molecular complexity index is 910. The van der Waals surface area contributed by atoms with Crippen molar-refractivity contribution < 1.29 is 14.6 Å². The van der Waals surface area contributed by atoms with Crippen LogP contribution in [-0.4, -0.2) is 18.2 Å². The van der Waals surface area contributed by atoms with Crippen LogP contribution in [0.4, 0.5) is 5.69 Å². The van der Waals surface area contributed by atoms with E-state index in [-0.39, 0.29) is 16.8 Å². The highest BCUT2D eigenvalue weighted by Gasteiger charge is 2.39. The molecule has 1 atom stereocenters. The molecule has 3 rings (SSSR count). The first-order valence-corrected chi connectivity index (χ1v) is 9.80. The molecule has 4 heteroatoms. The number of nitrogens with two attached hydrogens (primary N) is 1. The van der Waals surface area contributed by atoms with Crippen molar-refractivity contribution in [3.63, 3.8) is 0 Å².